The summed E-state index contributed by atoms with van der Waals surface area (Å²) >= 11 is 3.45. The van der Waals surface area contributed by atoms with Crippen LogP contribution in [-0.4, -0.2) is 19.3 Å². The van der Waals surface area contributed by atoms with Gasteiger partial charge in [0.25, 0.3) is 0 Å². The lowest BCUT2D eigenvalue weighted by atomic mass is 10.1. The number of nitrogens with two attached hydrogens (primary N) is 1. The highest BCUT2D eigenvalue weighted by molar-refractivity contribution is 9.10. The molecule has 17 heavy (non-hydrogen) atoms. The standard InChI is InChI=1S/C13H20BrNO2/c1-13(2,16-3)6-7-17-11-4-5-12(14)10(8-11)9-15/h4-5,8H,6-7,9,15H2,1-3H3. The molecule has 2 N–H and O–H groups in total. The van der Waals surface area contributed by atoms with Crippen LogP contribution in [0.1, 0.15) is 25.8 Å². The fraction of sp³-hybridized carbons (Fsp3) is 0.538. The van der Waals surface area contributed by atoms with E-state index in [-0.39, 0.29) is 5.60 Å². The molecule has 3 nitrogen and oxygen atoms in total. The van der Waals surface area contributed by atoms with Crippen molar-refractivity contribution in [3.63, 3.8) is 0 Å². The number of rotatable bonds is 6. The number of hydrogen-bond acceptors (Lipinski definition) is 3. The third kappa shape index (κ3) is 4.66. The Labute approximate surface area is 111 Å². The van der Waals surface area contributed by atoms with E-state index in [1.807, 2.05) is 32.0 Å². The average molecular weight is 302 g/mol. The van der Waals surface area contributed by atoms with E-state index in [4.69, 9.17) is 15.2 Å². The molecular formula is C13H20BrNO2. The second kappa shape index (κ2) is 6.38. The van der Waals surface area contributed by atoms with Gasteiger partial charge in [-0.05, 0) is 37.6 Å². The van der Waals surface area contributed by atoms with Crippen molar-refractivity contribution < 1.29 is 9.47 Å². The van der Waals surface area contributed by atoms with Crippen LogP contribution in [0.3, 0.4) is 0 Å². The molecule has 0 heterocycles. The maximum Gasteiger partial charge on any atom is 0.119 e. The SMILES string of the molecule is COC(C)(C)CCOc1ccc(Br)c(CN)c1. The zero-order valence-electron chi connectivity index (χ0n) is 10.6. The quantitative estimate of drug-likeness (QED) is 0.878. The molecule has 0 bridgehead atoms. The number of methoxy groups -OCH3 is 1. The summed E-state index contributed by atoms with van der Waals surface area (Å²) in [6.45, 7) is 5.22. The Balaban J connectivity index is 2.53. The fourth-order valence-electron chi connectivity index (χ4n) is 1.31. The van der Waals surface area contributed by atoms with Gasteiger partial charge in [0.15, 0.2) is 0 Å². The van der Waals surface area contributed by atoms with Gasteiger partial charge in [-0.15, -0.1) is 0 Å². The summed E-state index contributed by atoms with van der Waals surface area (Å²) in [4.78, 5) is 0. The van der Waals surface area contributed by atoms with E-state index in [9.17, 15) is 0 Å². The van der Waals surface area contributed by atoms with Crippen LogP contribution >= 0.6 is 15.9 Å². The van der Waals surface area contributed by atoms with Gasteiger partial charge in [-0.3, -0.25) is 0 Å². The Kier molecular flexibility index (Phi) is 5.43. The first kappa shape index (κ1) is 14.5. The van der Waals surface area contributed by atoms with E-state index in [1.165, 1.54) is 0 Å². The Bertz CT molecular complexity index is 366. The zero-order chi connectivity index (χ0) is 12.9. The molecule has 0 fully saturated rings. The van der Waals surface area contributed by atoms with Gasteiger partial charge in [-0.1, -0.05) is 15.9 Å². The zero-order valence-corrected chi connectivity index (χ0v) is 12.2. The number of hydrogen-bond donors (Lipinski definition) is 1. The van der Waals surface area contributed by atoms with Crippen LogP contribution in [0.2, 0.25) is 0 Å². The van der Waals surface area contributed by atoms with Crippen LogP contribution in [0.25, 0.3) is 0 Å². The Morgan fingerprint density at radius 2 is 2.06 bits per heavy atom. The van der Waals surface area contributed by atoms with Crippen LogP contribution < -0.4 is 10.5 Å². The van der Waals surface area contributed by atoms with Crippen LogP contribution in [0.4, 0.5) is 0 Å². The summed E-state index contributed by atoms with van der Waals surface area (Å²) < 4.78 is 12.0. The molecule has 0 aromatic heterocycles. The van der Waals surface area contributed by atoms with Gasteiger partial charge in [0.05, 0.1) is 12.2 Å². The van der Waals surface area contributed by atoms with Crippen molar-refractivity contribution in [1.29, 1.82) is 0 Å². The minimum atomic E-state index is -0.147. The summed E-state index contributed by atoms with van der Waals surface area (Å²) in [6, 6.07) is 5.85. The first-order valence-electron chi connectivity index (χ1n) is 5.65. The van der Waals surface area contributed by atoms with Gasteiger partial charge in [0, 0.05) is 24.5 Å². The first-order chi connectivity index (χ1) is 7.98. The Hall–Kier alpha value is -0.580. The highest BCUT2D eigenvalue weighted by Gasteiger charge is 2.16. The van der Waals surface area contributed by atoms with Gasteiger partial charge in [0.1, 0.15) is 5.75 Å². The average Bonchev–Trinajstić information content (AvgIpc) is 2.31. The molecule has 0 radical (unpaired) electrons. The van der Waals surface area contributed by atoms with Crippen molar-refractivity contribution in [3.8, 4) is 5.75 Å². The highest BCUT2D eigenvalue weighted by Crippen LogP contribution is 2.23. The second-order valence-electron chi connectivity index (χ2n) is 4.52. The molecule has 1 aromatic rings. The van der Waals surface area contributed by atoms with E-state index in [0.29, 0.717) is 13.2 Å². The minimum Gasteiger partial charge on any atom is -0.493 e. The van der Waals surface area contributed by atoms with Gasteiger partial charge in [0.2, 0.25) is 0 Å². The molecule has 0 saturated carbocycles. The van der Waals surface area contributed by atoms with Crippen molar-refractivity contribution in [2.75, 3.05) is 13.7 Å². The van der Waals surface area contributed by atoms with E-state index in [1.54, 1.807) is 7.11 Å². The largest absolute Gasteiger partial charge is 0.493 e. The van der Waals surface area contributed by atoms with Crippen molar-refractivity contribution in [1.82, 2.24) is 0 Å². The lowest BCUT2D eigenvalue weighted by Crippen LogP contribution is -2.25. The lowest BCUT2D eigenvalue weighted by Gasteiger charge is -2.22. The van der Waals surface area contributed by atoms with Crippen molar-refractivity contribution in [2.45, 2.75) is 32.4 Å². The van der Waals surface area contributed by atoms with Gasteiger partial charge >= 0.3 is 0 Å². The highest BCUT2D eigenvalue weighted by atomic mass is 79.9. The maximum atomic E-state index is 5.68. The molecule has 0 aliphatic heterocycles. The molecule has 96 valence electrons. The monoisotopic (exact) mass is 301 g/mol. The van der Waals surface area contributed by atoms with Crippen LogP contribution in [0, 0.1) is 0 Å². The summed E-state index contributed by atoms with van der Waals surface area (Å²) in [5, 5.41) is 0. The molecular weight excluding hydrogens is 282 g/mol. The van der Waals surface area contributed by atoms with Gasteiger partial charge in [-0.2, -0.15) is 0 Å². The van der Waals surface area contributed by atoms with Gasteiger partial charge in [-0.25, -0.2) is 0 Å². The van der Waals surface area contributed by atoms with Crippen LogP contribution in [0.15, 0.2) is 22.7 Å². The van der Waals surface area contributed by atoms with Gasteiger partial charge < -0.3 is 15.2 Å². The number of ether oxygens (including phenoxy) is 2. The molecule has 0 aliphatic carbocycles. The van der Waals surface area contributed by atoms with Crippen LogP contribution in [-0.2, 0) is 11.3 Å². The number of benzene rings is 1. The Morgan fingerprint density at radius 1 is 1.35 bits per heavy atom. The van der Waals surface area contributed by atoms with Crippen molar-refractivity contribution in [3.05, 3.63) is 28.2 Å². The Morgan fingerprint density at radius 3 is 2.65 bits per heavy atom. The number of halogens is 1. The molecule has 0 atom stereocenters. The molecule has 0 unspecified atom stereocenters. The molecule has 1 aromatic carbocycles. The summed E-state index contributed by atoms with van der Waals surface area (Å²) in [5.74, 6) is 0.848. The van der Waals surface area contributed by atoms with E-state index < -0.39 is 0 Å². The topological polar surface area (TPSA) is 44.5 Å². The molecule has 0 aliphatic rings. The fourth-order valence-corrected chi connectivity index (χ4v) is 1.72. The second-order valence-corrected chi connectivity index (χ2v) is 5.37. The third-order valence-corrected chi connectivity index (χ3v) is 3.54. The first-order valence-corrected chi connectivity index (χ1v) is 6.44. The van der Waals surface area contributed by atoms with E-state index in [2.05, 4.69) is 15.9 Å². The predicted molar refractivity (Wildman–Crippen MR) is 73.2 cm³/mol. The van der Waals surface area contributed by atoms with E-state index >= 15 is 0 Å². The predicted octanol–water partition coefficient (Wildman–Crippen LogP) is 3.10. The molecule has 0 amide bonds. The smallest absolute Gasteiger partial charge is 0.119 e. The summed E-state index contributed by atoms with van der Waals surface area (Å²) in [6.07, 6.45) is 0.845. The minimum absolute atomic E-state index is 0.147. The van der Waals surface area contributed by atoms with E-state index in [0.717, 1.165) is 22.2 Å². The lowest BCUT2D eigenvalue weighted by molar-refractivity contribution is 0.00545. The summed E-state index contributed by atoms with van der Waals surface area (Å²) in [5.41, 5.74) is 6.54. The van der Waals surface area contributed by atoms with Crippen molar-refractivity contribution in [2.24, 2.45) is 5.73 Å². The van der Waals surface area contributed by atoms with Crippen molar-refractivity contribution >= 4 is 15.9 Å². The molecule has 0 saturated heterocycles. The summed E-state index contributed by atoms with van der Waals surface area (Å²) in [7, 11) is 1.71. The normalized spacial score (nSPS) is 11.6. The van der Waals surface area contributed by atoms with Crippen LogP contribution in [0.5, 0.6) is 5.75 Å². The molecule has 0 spiro atoms. The molecule has 1 rings (SSSR count). The maximum absolute atomic E-state index is 5.68. The molecule has 4 heteroatoms. The third-order valence-electron chi connectivity index (χ3n) is 2.76.